The third kappa shape index (κ3) is 3.79. The Bertz CT molecular complexity index is 816. The average molecular weight is 325 g/mol. The highest BCUT2D eigenvalue weighted by molar-refractivity contribution is 7.89. The third-order valence-electron chi connectivity index (χ3n) is 2.71. The van der Waals surface area contributed by atoms with Gasteiger partial charge in [-0.15, -0.1) is 0 Å². The first-order valence-corrected chi connectivity index (χ1v) is 7.72. The van der Waals surface area contributed by atoms with Crippen molar-refractivity contribution in [2.24, 2.45) is 0 Å². The number of hydrogen-bond donors (Lipinski definition) is 1. The van der Waals surface area contributed by atoms with E-state index in [-0.39, 0.29) is 22.0 Å². The van der Waals surface area contributed by atoms with Gasteiger partial charge in [-0.2, -0.15) is 5.26 Å². The Hall–Kier alpha value is -1.94. The van der Waals surface area contributed by atoms with Crippen LogP contribution in [-0.2, 0) is 16.6 Å². The van der Waals surface area contributed by atoms with Gasteiger partial charge < -0.3 is 0 Å². The Morgan fingerprint density at radius 3 is 2.62 bits per heavy atom. The van der Waals surface area contributed by atoms with E-state index >= 15 is 0 Å². The number of halogens is 2. The Kier molecular flexibility index (Phi) is 4.58. The molecule has 1 N–H and O–H groups in total. The lowest BCUT2D eigenvalue weighted by atomic mass is 10.2. The normalized spacial score (nSPS) is 11.1. The number of nitriles is 1. The van der Waals surface area contributed by atoms with Crippen LogP contribution in [-0.4, -0.2) is 8.42 Å². The van der Waals surface area contributed by atoms with E-state index in [1.165, 1.54) is 36.4 Å². The molecule has 0 saturated heterocycles. The maximum absolute atomic E-state index is 13.0. The fourth-order valence-electron chi connectivity index (χ4n) is 1.69. The van der Waals surface area contributed by atoms with E-state index in [0.29, 0.717) is 5.56 Å². The fourth-order valence-corrected chi connectivity index (χ4v) is 3.25. The molecule has 2 aromatic rings. The van der Waals surface area contributed by atoms with Crippen LogP contribution in [0.1, 0.15) is 11.1 Å². The molecule has 0 saturated carbocycles. The van der Waals surface area contributed by atoms with Gasteiger partial charge in [0, 0.05) is 6.54 Å². The molecule has 0 spiro atoms. The van der Waals surface area contributed by atoms with Gasteiger partial charge in [0.15, 0.2) is 0 Å². The molecule has 0 fully saturated rings. The van der Waals surface area contributed by atoms with Crippen molar-refractivity contribution < 1.29 is 12.8 Å². The first-order valence-electron chi connectivity index (χ1n) is 5.86. The molecule has 0 unspecified atom stereocenters. The van der Waals surface area contributed by atoms with Crippen molar-refractivity contribution in [3.8, 4) is 6.07 Å². The van der Waals surface area contributed by atoms with Crippen molar-refractivity contribution in [1.29, 1.82) is 5.26 Å². The number of nitrogens with one attached hydrogen (secondary N) is 1. The summed E-state index contributed by atoms with van der Waals surface area (Å²) in [4.78, 5) is -0.125. The Morgan fingerprint density at radius 2 is 2.00 bits per heavy atom. The predicted octanol–water partition coefficient (Wildman–Crippen LogP) is 2.83. The van der Waals surface area contributed by atoms with Crippen molar-refractivity contribution >= 4 is 21.6 Å². The number of benzene rings is 2. The number of sulfonamides is 1. The van der Waals surface area contributed by atoms with Gasteiger partial charge >= 0.3 is 0 Å². The standard InChI is InChI=1S/C14H10ClFN2O2S/c15-13-7-10(8-17)4-5-14(13)21(19,20)18-9-11-2-1-3-12(16)6-11/h1-7,18H,9H2. The highest BCUT2D eigenvalue weighted by Gasteiger charge is 2.18. The molecular weight excluding hydrogens is 315 g/mol. The molecule has 0 amide bonds. The molecule has 7 heteroatoms. The summed E-state index contributed by atoms with van der Waals surface area (Å²) in [7, 11) is -3.84. The van der Waals surface area contributed by atoms with Crippen LogP contribution in [0, 0.1) is 17.1 Å². The van der Waals surface area contributed by atoms with Crippen LogP contribution in [0.15, 0.2) is 47.4 Å². The second-order valence-electron chi connectivity index (χ2n) is 4.21. The van der Waals surface area contributed by atoms with Gasteiger partial charge in [-0.25, -0.2) is 17.5 Å². The van der Waals surface area contributed by atoms with E-state index in [0.717, 1.165) is 0 Å². The Labute approximate surface area is 126 Å². The van der Waals surface area contributed by atoms with E-state index in [4.69, 9.17) is 16.9 Å². The summed E-state index contributed by atoms with van der Waals surface area (Å²) in [5, 5.41) is 8.68. The third-order valence-corrected chi connectivity index (χ3v) is 4.59. The lowest BCUT2D eigenvalue weighted by molar-refractivity contribution is 0.580. The van der Waals surface area contributed by atoms with Crippen molar-refractivity contribution in [3.63, 3.8) is 0 Å². The maximum Gasteiger partial charge on any atom is 0.242 e. The molecule has 0 aliphatic rings. The molecule has 0 aromatic heterocycles. The lowest BCUT2D eigenvalue weighted by Gasteiger charge is -2.08. The molecule has 4 nitrogen and oxygen atoms in total. The zero-order valence-electron chi connectivity index (χ0n) is 10.7. The summed E-state index contributed by atoms with van der Waals surface area (Å²) in [6, 6.07) is 11.4. The van der Waals surface area contributed by atoms with E-state index in [9.17, 15) is 12.8 Å². The molecule has 0 radical (unpaired) electrons. The van der Waals surface area contributed by atoms with Gasteiger partial charge in [0.05, 0.1) is 16.7 Å². The first kappa shape index (κ1) is 15.4. The van der Waals surface area contributed by atoms with Crippen LogP contribution >= 0.6 is 11.6 Å². The predicted molar refractivity (Wildman–Crippen MR) is 76.6 cm³/mol. The van der Waals surface area contributed by atoms with Crippen molar-refractivity contribution in [2.45, 2.75) is 11.4 Å². The molecule has 0 bridgehead atoms. The van der Waals surface area contributed by atoms with Crippen LogP contribution in [0.3, 0.4) is 0 Å². The molecule has 2 rings (SSSR count). The topological polar surface area (TPSA) is 70.0 Å². The average Bonchev–Trinajstić information content (AvgIpc) is 2.45. The smallest absolute Gasteiger partial charge is 0.207 e. The summed E-state index contributed by atoms with van der Waals surface area (Å²) in [6.07, 6.45) is 0. The number of hydrogen-bond acceptors (Lipinski definition) is 3. The number of nitrogens with zero attached hydrogens (tertiary/aromatic N) is 1. The summed E-state index contributed by atoms with van der Waals surface area (Å²) >= 11 is 5.87. The van der Waals surface area contributed by atoms with E-state index in [1.54, 1.807) is 6.07 Å². The van der Waals surface area contributed by atoms with Gasteiger partial charge in [-0.3, -0.25) is 0 Å². The van der Waals surface area contributed by atoms with Crippen molar-refractivity contribution in [1.82, 2.24) is 4.72 Å². The van der Waals surface area contributed by atoms with Gasteiger partial charge in [-0.05, 0) is 35.9 Å². The number of rotatable bonds is 4. The molecule has 21 heavy (non-hydrogen) atoms. The summed E-state index contributed by atoms with van der Waals surface area (Å²) in [5.41, 5.74) is 0.757. The van der Waals surface area contributed by atoms with Gasteiger partial charge in [0.25, 0.3) is 0 Å². The van der Waals surface area contributed by atoms with E-state index in [1.807, 2.05) is 6.07 Å². The van der Waals surface area contributed by atoms with Crippen LogP contribution in [0.4, 0.5) is 4.39 Å². The molecule has 0 aliphatic carbocycles. The zero-order valence-corrected chi connectivity index (χ0v) is 12.2. The Balaban J connectivity index is 2.21. The van der Waals surface area contributed by atoms with Gasteiger partial charge in [0.2, 0.25) is 10.0 Å². The summed E-state index contributed by atoms with van der Waals surface area (Å²) in [5.74, 6) is -0.442. The first-order chi connectivity index (χ1) is 9.92. The monoisotopic (exact) mass is 324 g/mol. The molecule has 0 heterocycles. The fraction of sp³-hybridized carbons (Fsp3) is 0.0714. The minimum atomic E-state index is -3.84. The SMILES string of the molecule is N#Cc1ccc(S(=O)(=O)NCc2cccc(F)c2)c(Cl)c1. The molecule has 0 atom stereocenters. The van der Waals surface area contributed by atoms with Crippen molar-refractivity contribution in [2.75, 3.05) is 0 Å². The second kappa shape index (κ2) is 6.22. The molecule has 2 aromatic carbocycles. The second-order valence-corrected chi connectivity index (χ2v) is 6.35. The lowest BCUT2D eigenvalue weighted by Crippen LogP contribution is -2.23. The van der Waals surface area contributed by atoms with Crippen LogP contribution in [0.5, 0.6) is 0 Å². The maximum atomic E-state index is 13.0. The molecule has 108 valence electrons. The van der Waals surface area contributed by atoms with Crippen LogP contribution in [0.2, 0.25) is 5.02 Å². The highest BCUT2D eigenvalue weighted by atomic mass is 35.5. The largest absolute Gasteiger partial charge is 0.242 e. The summed E-state index contributed by atoms with van der Waals surface area (Å²) < 4.78 is 39.6. The minimum absolute atomic E-state index is 0.0409. The Morgan fingerprint density at radius 1 is 1.24 bits per heavy atom. The van der Waals surface area contributed by atoms with Crippen molar-refractivity contribution in [3.05, 3.63) is 64.4 Å². The highest BCUT2D eigenvalue weighted by Crippen LogP contribution is 2.22. The zero-order chi connectivity index (χ0) is 15.5. The summed E-state index contributed by atoms with van der Waals surface area (Å²) in [6.45, 7) is -0.0591. The van der Waals surface area contributed by atoms with E-state index in [2.05, 4.69) is 4.72 Å². The van der Waals surface area contributed by atoms with Gasteiger partial charge in [-0.1, -0.05) is 23.7 Å². The van der Waals surface area contributed by atoms with E-state index < -0.39 is 15.8 Å². The molecule has 0 aliphatic heterocycles. The van der Waals surface area contributed by atoms with Crippen LogP contribution < -0.4 is 4.72 Å². The quantitative estimate of drug-likeness (QED) is 0.940. The van der Waals surface area contributed by atoms with Crippen LogP contribution in [0.25, 0.3) is 0 Å². The van der Waals surface area contributed by atoms with Gasteiger partial charge in [0.1, 0.15) is 10.7 Å². The minimum Gasteiger partial charge on any atom is -0.207 e. The molecular formula is C14H10ClFN2O2S.